The number of hydrogen-bond donors (Lipinski definition) is 1. The van der Waals surface area contributed by atoms with E-state index in [9.17, 15) is 9.59 Å². The number of carbonyl (C=O) groups is 2. The molecule has 2 N–H and O–H groups in total. The van der Waals surface area contributed by atoms with Gasteiger partial charge in [0, 0.05) is 29.6 Å². The number of nitrogens with two attached hydrogens (primary N) is 1. The Balaban J connectivity index is 1.60. The number of nitrogens with zero attached hydrogens (tertiary/aromatic N) is 2. The van der Waals surface area contributed by atoms with Crippen LogP contribution in [0.15, 0.2) is 60.8 Å². The summed E-state index contributed by atoms with van der Waals surface area (Å²) in [6.07, 6.45) is 3.34. The maximum atomic E-state index is 11.7. The second kappa shape index (κ2) is 7.27. The van der Waals surface area contributed by atoms with Gasteiger partial charge in [-0.2, -0.15) is 0 Å². The van der Waals surface area contributed by atoms with Gasteiger partial charge in [-0.3, -0.25) is 9.59 Å². The summed E-state index contributed by atoms with van der Waals surface area (Å²) < 4.78 is 0. The van der Waals surface area contributed by atoms with Crippen LogP contribution in [0.3, 0.4) is 0 Å². The molecule has 4 rings (SSSR count). The summed E-state index contributed by atoms with van der Waals surface area (Å²) in [7, 11) is 0. The van der Waals surface area contributed by atoms with E-state index in [1.807, 2.05) is 48.7 Å². The predicted octanol–water partition coefficient (Wildman–Crippen LogP) is 3.67. The molecule has 0 unspecified atom stereocenters. The standard InChI is InChI=1S/C23H21N3O2/c1-15(27)18-7-5-16(6-8-18)13-17-9-11-25-22(14-17)26-12-10-19-20(23(24)28)3-2-4-21(19)26/h2-9,11,14H,10,12-13H2,1H3,(H2,24,28). The highest BCUT2D eigenvalue weighted by atomic mass is 16.1. The molecular formula is C23H21N3O2. The molecule has 0 saturated heterocycles. The third-order valence-electron chi connectivity index (χ3n) is 5.15. The lowest BCUT2D eigenvalue weighted by atomic mass is 10.0. The van der Waals surface area contributed by atoms with Crippen LogP contribution in [0.4, 0.5) is 11.5 Å². The maximum absolute atomic E-state index is 11.7. The van der Waals surface area contributed by atoms with Crippen LogP contribution in [-0.4, -0.2) is 23.2 Å². The van der Waals surface area contributed by atoms with Crippen LogP contribution in [0.5, 0.6) is 0 Å². The van der Waals surface area contributed by atoms with E-state index in [2.05, 4.69) is 16.0 Å². The molecule has 2 aromatic carbocycles. The van der Waals surface area contributed by atoms with Gasteiger partial charge in [-0.25, -0.2) is 4.98 Å². The summed E-state index contributed by atoms with van der Waals surface area (Å²) in [6, 6.07) is 17.4. The molecule has 5 heteroatoms. The quantitative estimate of drug-likeness (QED) is 0.694. The van der Waals surface area contributed by atoms with Gasteiger partial charge in [0.05, 0.1) is 0 Å². The average Bonchev–Trinajstić information content (AvgIpc) is 3.12. The van der Waals surface area contributed by atoms with E-state index in [0.717, 1.165) is 53.1 Å². The van der Waals surface area contributed by atoms with Crippen molar-refractivity contribution < 1.29 is 9.59 Å². The zero-order valence-corrected chi connectivity index (χ0v) is 15.7. The molecule has 1 aromatic heterocycles. The number of carbonyl (C=O) groups excluding carboxylic acids is 2. The van der Waals surface area contributed by atoms with E-state index in [4.69, 9.17) is 5.73 Å². The van der Waals surface area contributed by atoms with Gasteiger partial charge in [-0.1, -0.05) is 30.3 Å². The normalized spacial score (nSPS) is 12.7. The predicted molar refractivity (Wildman–Crippen MR) is 109 cm³/mol. The fraction of sp³-hybridized carbons (Fsp3) is 0.174. The zero-order chi connectivity index (χ0) is 19.7. The van der Waals surface area contributed by atoms with E-state index < -0.39 is 5.91 Å². The highest BCUT2D eigenvalue weighted by Crippen LogP contribution is 2.35. The number of ketones is 1. The number of pyridine rings is 1. The van der Waals surface area contributed by atoms with Crippen LogP contribution in [0.25, 0.3) is 0 Å². The summed E-state index contributed by atoms with van der Waals surface area (Å²) in [5.41, 5.74) is 11.1. The van der Waals surface area contributed by atoms with E-state index >= 15 is 0 Å². The van der Waals surface area contributed by atoms with Crippen molar-refractivity contribution >= 4 is 23.2 Å². The van der Waals surface area contributed by atoms with Crippen LogP contribution in [0.1, 0.15) is 44.3 Å². The number of rotatable bonds is 5. The van der Waals surface area contributed by atoms with Gasteiger partial charge in [0.25, 0.3) is 0 Å². The smallest absolute Gasteiger partial charge is 0.249 e. The number of aromatic nitrogens is 1. The molecule has 140 valence electrons. The zero-order valence-electron chi connectivity index (χ0n) is 15.7. The van der Waals surface area contributed by atoms with Gasteiger partial charge in [-0.15, -0.1) is 0 Å². The molecule has 1 aliphatic heterocycles. The SMILES string of the molecule is CC(=O)c1ccc(Cc2ccnc(N3CCc4c(C(N)=O)cccc43)c2)cc1. The Morgan fingerprint density at radius 2 is 1.86 bits per heavy atom. The molecule has 0 radical (unpaired) electrons. The van der Waals surface area contributed by atoms with Crippen LogP contribution >= 0.6 is 0 Å². The summed E-state index contributed by atoms with van der Waals surface area (Å²) in [5.74, 6) is 0.536. The number of anilines is 2. The van der Waals surface area contributed by atoms with Crippen molar-refractivity contribution in [1.29, 1.82) is 0 Å². The van der Waals surface area contributed by atoms with Crippen molar-refractivity contribution in [1.82, 2.24) is 4.98 Å². The molecular weight excluding hydrogens is 350 g/mol. The first-order valence-electron chi connectivity index (χ1n) is 9.27. The molecule has 0 spiro atoms. The molecule has 0 fully saturated rings. The minimum atomic E-state index is -0.394. The Hall–Kier alpha value is -3.47. The van der Waals surface area contributed by atoms with Gasteiger partial charge < -0.3 is 10.6 Å². The van der Waals surface area contributed by atoms with Crippen molar-refractivity contribution in [2.24, 2.45) is 5.73 Å². The number of amides is 1. The van der Waals surface area contributed by atoms with E-state index in [-0.39, 0.29) is 5.78 Å². The van der Waals surface area contributed by atoms with Crippen molar-refractivity contribution in [3.63, 3.8) is 0 Å². The molecule has 1 aliphatic rings. The van der Waals surface area contributed by atoms with Gasteiger partial charge in [0.2, 0.25) is 5.91 Å². The number of fused-ring (bicyclic) bond motifs is 1. The van der Waals surface area contributed by atoms with Gasteiger partial charge >= 0.3 is 0 Å². The van der Waals surface area contributed by atoms with Gasteiger partial charge in [0.15, 0.2) is 5.78 Å². The largest absolute Gasteiger partial charge is 0.366 e. The molecule has 0 atom stereocenters. The molecule has 28 heavy (non-hydrogen) atoms. The minimum absolute atomic E-state index is 0.0702. The Labute approximate surface area is 163 Å². The summed E-state index contributed by atoms with van der Waals surface area (Å²) in [5, 5.41) is 0. The Morgan fingerprint density at radius 3 is 2.57 bits per heavy atom. The lowest BCUT2D eigenvalue weighted by Gasteiger charge is -2.19. The molecule has 0 aliphatic carbocycles. The lowest BCUT2D eigenvalue weighted by Crippen LogP contribution is -2.15. The molecule has 0 saturated carbocycles. The van der Waals surface area contributed by atoms with E-state index in [0.29, 0.717) is 5.56 Å². The van der Waals surface area contributed by atoms with E-state index in [1.165, 1.54) is 0 Å². The summed E-state index contributed by atoms with van der Waals surface area (Å²) >= 11 is 0. The first-order valence-corrected chi connectivity index (χ1v) is 9.27. The van der Waals surface area contributed by atoms with Gasteiger partial charge in [-0.05, 0) is 60.7 Å². The maximum Gasteiger partial charge on any atom is 0.249 e. The Morgan fingerprint density at radius 1 is 1.07 bits per heavy atom. The third kappa shape index (κ3) is 3.39. The highest BCUT2D eigenvalue weighted by molar-refractivity contribution is 5.97. The minimum Gasteiger partial charge on any atom is -0.366 e. The first kappa shape index (κ1) is 17.9. The second-order valence-corrected chi connectivity index (χ2v) is 7.02. The number of Topliss-reactive ketones (excluding diaryl/α,β-unsaturated/α-hetero) is 1. The molecule has 1 amide bonds. The number of primary amides is 1. The number of benzene rings is 2. The van der Waals surface area contributed by atoms with E-state index in [1.54, 1.807) is 13.0 Å². The second-order valence-electron chi connectivity index (χ2n) is 7.02. The van der Waals surface area contributed by atoms with Crippen molar-refractivity contribution in [3.05, 3.63) is 88.6 Å². The fourth-order valence-corrected chi connectivity index (χ4v) is 3.71. The fourth-order valence-electron chi connectivity index (χ4n) is 3.71. The van der Waals surface area contributed by atoms with Gasteiger partial charge in [0.1, 0.15) is 5.82 Å². The highest BCUT2D eigenvalue weighted by Gasteiger charge is 2.25. The monoisotopic (exact) mass is 371 g/mol. The Bertz CT molecular complexity index is 1060. The molecule has 0 bridgehead atoms. The molecule has 3 aromatic rings. The van der Waals surface area contributed by atoms with Crippen LogP contribution in [0, 0.1) is 0 Å². The van der Waals surface area contributed by atoms with Crippen molar-refractivity contribution in [3.8, 4) is 0 Å². The lowest BCUT2D eigenvalue weighted by molar-refractivity contribution is 0.0995. The van der Waals surface area contributed by atoms with Crippen molar-refractivity contribution in [2.45, 2.75) is 19.8 Å². The molecule has 5 nitrogen and oxygen atoms in total. The van der Waals surface area contributed by atoms with Crippen LogP contribution in [0.2, 0.25) is 0 Å². The topological polar surface area (TPSA) is 76.3 Å². The first-order chi connectivity index (χ1) is 13.5. The van der Waals surface area contributed by atoms with Crippen molar-refractivity contribution in [2.75, 3.05) is 11.4 Å². The summed E-state index contributed by atoms with van der Waals surface area (Å²) in [4.78, 5) is 29.8. The van der Waals surface area contributed by atoms with Crippen LogP contribution < -0.4 is 10.6 Å². The number of hydrogen-bond acceptors (Lipinski definition) is 4. The Kier molecular flexibility index (Phi) is 4.65. The summed E-state index contributed by atoms with van der Waals surface area (Å²) in [6.45, 7) is 2.34. The van der Waals surface area contributed by atoms with Crippen LogP contribution in [-0.2, 0) is 12.8 Å². The molecule has 2 heterocycles. The third-order valence-corrected chi connectivity index (χ3v) is 5.15. The average molecular weight is 371 g/mol.